The van der Waals surface area contributed by atoms with E-state index in [-0.39, 0.29) is 5.60 Å². The third-order valence-electron chi connectivity index (χ3n) is 2.08. The van der Waals surface area contributed by atoms with Crippen molar-refractivity contribution >= 4 is 17.3 Å². The molecule has 1 heterocycles. The minimum absolute atomic E-state index is 0.272. The minimum Gasteiger partial charge on any atom is -0.470 e. The molecule has 14 heavy (non-hydrogen) atoms. The molecule has 1 aromatic heterocycles. The lowest BCUT2D eigenvalue weighted by molar-refractivity contribution is 0.100. The standard InChI is InChI=1S/C10H15ClN2O/c1-4-10(2,3)14-9-7(12)5-6-8(11)13-9/h5-6H,4,12H2,1-3H3. The molecule has 4 heteroatoms. The Kier molecular flexibility index (Phi) is 3.21. The molecule has 0 aliphatic heterocycles. The summed E-state index contributed by atoms with van der Waals surface area (Å²) in [7, 11) is 0. The van der Waals surface area contributed by atoms with Crippen molar-refractivity contribution in [2.75, 3.05) is 5.73 Å². The number of ether oxygens (including phenoxy) is 1. The molecular weight excluding hydrogens is 200 g/mol. The Labute approximate surface area is 89.2 Å². The average Bonchev–Trinajstić information content (AvgIpc) is 2.11. The van der Waals surface area contributed by atoms with Crippen molar-refractivity contribution in [3.8, 4) is 5.88 Å². The summed E-state index contributed by atoms with van der Waals surface area (Å²) < 4.78 is 5.64. The van der Waals surface area contributed by atoms with Crippen molar-refractivity contribution in [3.05, 3.63) is 17.3 Å². The van der Waals surface area contributed by atoms with Gasteiger partial charge in [-0.15, -0.1) is 0 Å². The fraction of sp³-hybridized carbons (Fsp3) is 0.500. The molecule has 0 amide bonds. The van der Waals surface area contributed by atoms with E-state index in [4.69, 9.17) is 22.1 Å². The van der Waals surface area contributed by atoms with Gasteiger partial charge in [0.15, 0.2) is 0 Å². The molecule has 0 saturated carbocycles. The lowest BCUT2D eigenvalue weighted by atomic mass is 10.1. The molecule has 0 atom stereocenters. The Morgan fingerprint density at radius 3 is 2.71 bits per heavy atom. The number of anilines is 1. The van der Waals surface area contributed by atoms with Gasteiger partial charge in [-0.2, -0.15) is 4.98 Å². The molecule has 78 valence electrons. The predicted molar refractivity (Wildman–Crippen MR) is 58.7 cm³/mol. The summed E-state index contributed by atoms with van der Waals surface area (Å²) in [6, 6.07) is 3.33. The van der Waals surface area contributed by atoms with Crippen LogP contribution in [0.1, 0.15) is 27.2 Å². The van der Waals surface area contributed by atoms with Crippen molar-refractivity contribution < 1.29 is 4.74 Å². The predicted octanol–water partition coefficient (Wildman–Crippen LogP) is 2.88. The Bertz CT molecular complexity index is 326. The highest BCUT2D eigenvalue weighted by atomic mass is 35.5. The van der Waals surface area contributed by atoms with Gasteiger partial charge >= 0.3 is 0 Å². The molecule has 1 aromatic rings. The van der Waals surface area contributed by atoms with Crippen LogP contribution in [0.25, 0.3) is 0 Å². The third kappa shape index (κ3) is 2.77. The monoisotopic (exact) mass is 214 g/mol. The number of aromatic nitrogens is 1. The summed E-state index contributed by atoms with van der Waals surface area (Å²) >= 11 is 5.74. The summed E-state index contributed by atoms with van der Waals surface area (Å²) in [5.74, 6) is 0.407. The molecule has 0 spiro atoms. The van der Waals surface area contributed by atoms with Crippen LogP contribution in [0.3, 0.4) is 0 Å². The Morgan fingerprint density at radius 2 is 2.14 bits per heavy atom. The van der Waals surface area contributed by atoms with Gasteiger partial charge in [0.2, 0.25) is 5.88 Å². The van der Waals surface area contributed by atoms with Gasteiger partial charge in [0.05, 0.1) is 5.69 Å². The number of pyridine rings is 1. The number of halogens is 1. The molecule has 0 bridgehead atoms. The molecule has 0 aromatic carbocycles. The second-order valence-electron chi connectivity index (χ2n) is 3.74. The van der Waals surface area contributed by atoms with Crippen LogP contribution in [0.5, 0.6) is 5.88 Å². The van der Waals surface area contributed by atoms with E-state index in [1.807, 2.05) is 20.8 Å². The first kappa shape index (κ1) is 11.1. The van der Waals surface area contributed by atoms with E-state index < -0.39 is 0 Å². The highest BCUT2D eigenvalue weighted by molar-refractivity contribution is 6.29. The highest BCUT2D eigenvalue weighted by Gasteiger charge is 2.19. The van der Waals surface area contributed by atoms with Crippen molar-refractivity contribution in [1.29, 1.82) is 0 Å². The maximum atomic E-state index is 5.74. The SMILES string of the molecule is CCC(C)(C)Oc1nc(Cl)ccc1N. The van der Waals surface area contributed by atoms with E-state index in [0.29, 0.717) is 16.7 Å². The molecule has 0 radical (unpaired) electrons. The van der Waals surface area contributed by atoms with E-state index >= 15 is 0 Å². The molecule has 0 aliphatic carbocycles. The van der Waals surface area contributed by atoms with E-state index in [1.54, 1.807) is 12.1 Å². The zero-order chi connectivity index (χ0) is 10.8. The van der Waals surface area contributed by atoms with Crippen molar-refractivity contribution in [2.45, 2.75) is 32.8 Å². The first-order valence-electron chi connectivity index (χ1n) is 4.55. The van der Waals surface area contributed by atoms with Gasteiger partial charge in [-0.3, -0.25) is 0 Å². The van der Waals surface area contributed by atoms with E-state index in [0.717, 1.165) is 6.42 Å². The molecule has 3 nitrogen and oxygen atoms in total. The van der Waals surface area contributed by atoms with Gasteiger partial charge in [-0.05, 0) is 32.4 Å². The van der Waals surface area contributed by atoms with Gasteiger partial charge in [0.25, 0.3) is 0 Å². The van der Waals surface area contributed by atoms with Crippen LogP contribution < -0.4 is 10.5 Å². The molecule has 0 aliphatic rings. The third-order valence-corrected chi connectivity index (χ3v) is 2.29. The van der Waals surface area contributed by atoms with E-state index in [9.17, 15) is 0 Å². The molecule has 0 fully saturated rings. The van der Waals surface area contributed by atoms with Crippen molar-refractivity contribution in [1.82, 2.24) is 4.98 Å². The van der Waals surface area contributed by atoms with Gasteiger partial charge in [0.1, 0.15) is 10.8 Å². The number of rotatable bonds is 3. The van der Waals surface area contributed by atoms with Crippen molar-refractivity contribution in [2.24, 2.45) is 0 Å². The maximum Gasteiger partial charge on any atom is 0.239 e. The summed E-state index contributed by atoms with van der Waals surface area (Å²) in [4.78, 5) is 4.02. The lowest BCUT2D eigenvalue weighted by Gasteiger charge is -2.24. The molecule has 2 N–H and O–H groups in total. The van der Waals surface area contributed by atoms with E-state index in [2.05, 4.69) is 4.98 Å². The maximum absolute atomic E-state index is 5.74. The summed E-state index contributed by atoms with van der Waals surface area (Å²) in [6.45, 7) is 6.00. The van der Waals surface area contributed by atoms with Crippen LogP contribution >= 0.6 is 11.6 Å². The average molecular weight is 215 g/mol. The number of hydrogen-bond donors (Lipinski definition) is 1. The first-order valence-corrected chi connectivity index (χ1v) is 4.93. The van der Waals surface area contributed by atoms with Gasteiger partial charge in [-0.1, -0.05) is 18.5 Å². The smallest absolute Gasteiger partial charge is 0.239 e. The van der Waals surface area contributed by atoms with Gasteiger partial charge in [-0.25, -0.2) is 0 Å². The quantitative estimate of drug-likeness (QED) is 0.788. The fourth-order valence-corrected chi connectivity index (χ4v) is 0.984. The van der Waals surface area contributed by atoms with Crippen LogP contribution in [0.2, 0.25) is 5.15 Å². The largest absolute Gasteiger partial charge is 0.470 e. The van der Waals surface area contributed by atoms with Crippen LogP contribution in [-0.4, -0.2) is 10.6 Å². The summed E-state index contributed by atoms with van der Waals surface area (Å²) in [5, 5.41) is 0.390. The van der Waals surface area contributed by atoms with Crippen LogP contribution in [0.15, 0.2) is 12.1 Å². The molecule has 0 unspecified atom stereocenters. The molecule has 0 saturated heterocycles. The van der Waals surface area contributed by atoms with Gasteiger partial charge in [0, 0.05) is 0 Å². The fourth-order valence-electron chi connectivity index (χ4n) is 0.844. The zero-order valence-electron chi connectivity index (χ0n) is 8.67. The Morgan fingerprint density at radius 1 is 1.50 bits per heavy atom. The van der Waals surface area contributed by atoms with Gasteiger partial charge < -0.3 is 10.5 Å². The first-order chi connectivity index (χ1) is 6.44. The second kappa shape index (κ2) is 4.05. The second-order valence-corrected chi connectivity index (χ2v) is 4.13. The van der Waals surface area contributed by atoms with Crippen molar-refractivity contribution in [3.63, 3.8) is 0 Å². The summed E-state index contributed by atoms with van der Waals surface area (Å²) in [6.07, 6.45) is 0.876. The summed E-state index contributed by atoms with van der Waals surface area (Å²) in [5.41, 5.74) is 5.94. The highest BCUT2D eigenvalue weighted by Crippen LogP contribution is 2.26. The Hall–Kier alpha value is -0.960. The minimum atomic E-state index is -0.272. The van der Waals surface area contributed by atoms with Crippen LogP contribution in [0, 0.1) is 0 Å². The normalized spacial score (nSPS) is 11.4. The number of nitrogen functional groups attached to an aromatic ring is 1. The van der Waals surface area contributed by atoms with Crippen LogP contribution in [-0.2, 0) is 0 Å². The molecule has 1 rings (SSSR count). The van der Waals surface area contributed by atoms with E-state index in [1.165, 1.54) is 0 Å². The zero-order valence-corrected chi connectivity index (χ0v) is 9.43. The van der Waals surface area contributed by atoms with Crippen LogP contribution in [0.4, 0.5) is 5.69 Å². The lowest BCUT2D eigenvalue weighted by Crippen LogP contribution is -2.27. The number of nitrogens with zero attached hydrogens (tertiary/aromatic N) is 1. The molecular formula is C10H15ClN2O. The number of hydrogen-bond acceptors (Lipinski definition) is 3. The topological polar surface area (TPSA) is 48.1 Å². The number of nitrogens with two attached hydrogens (primary N) is 1. The Balaban J connectivity index is 2.91.